The number of fused-ring (bicyclic) bond motifs is 1. The first-order chi connectivity index (χ1) is 26.1. The number of unbranched alkanes of at least 4 members (excludes halogenated alkanes) is 1. The van der Waals surface area contributed by atoms with Gasteiger partial charge in [-0.25, -0.2) is 0 Å². The maximum atomic E-state index is 14.2. The minimum Gasteiger partial charge on any atom is -0.368 e. The summed E-state index contributed by atoms with van der Waals surface area (Å²) in [7, 11) is 0. The summed E-state index contributed by atoms with van der Waals surface area (Å²) in [5.74, 6) is -4.13. The van der Waals surface area contributed by atoms with Gasteiger partial charge in [0.2, 0.25) is 35.4 Å². The molecule has 0 radical (unpaired) electrons. The number of nitrogens with one attached hydrogen (secondary N) is 6. The normalized spacial score (nSPS) is 14.6. The van der Waals surface area contributed by atoms with Gasteiger partial charge in [-0.05, 0) is 61.8 Å². The second-order valence-electron chi connectivity index (χ2n) is 14.8. The molecule has 0 aliphatic rings. The standard InChI is InChI=1S/C40H59N9O6/c1-23(2)19-31(46-36(51)29(42)16-11-12-18-41)39(54)49-34(24(3)4)40(55)48-33(21-27-22-44-30-17-10-9-15-28(27)30)38(53)47-32(20-26-13-7-6-8-14-26)37(52)45-25(5)35(43)50/h6-10,13-15,17,22-25,29,31-34,44H,11-12,16,18-21,41-42H2,1-5H3,(H2,43,50)(H,45,52)(H,46,51)(H,47,53)(H,48,55)(H,49,54)/t25-,29-,31-,32-,33-,34-/m1/s1. The molecule has 0 aliphatic carbocycles. The van der Waals surface area contributed by atoms with E-state index in [0.29, 0.717) is 25.8 Å². The van der Waals surface area contributed by atoms with E-state index in [-0.39, 0.29) is 18.8 Å². The summed E-state index contributed by atoms with van der Waals surface area (Å²) < 4.78 is 0. The average molecular weight is 762 g/mol. The number of nitrogens with two attached hydrogens (primary N) is 3. The van der Waals surface area contributed by atoms with Crippen molar-refractivity contribution in [2.75, 3.05) is 6.54 Å². The number of primary amides is 1. The van der Waals surface area contributed by atoms with Crippen LogP contribution < -0.4 is 43.8 Å². The van der Waals surface area contributed by atoms with Gasteiger partial charge in [-0.2, -0.15) is 0 Å². The number of aromatic amines is 1. The van der Waals surface area contributed by atoms with Gasteiger partial charge in [0.05, 0.1) is 6.04 Å². The summed E-state index contributed by atoms with van der Waals surface area (Å²) in [6, 6.07) is 10.3. The van der Waals surface area contributed by atoms with E-state index < -0.39 is 77.6 Å². The molecule has 15 heteroatoms. The van der Waals surface area contributed by atoms with Gasteiger partial charge in [0.15, 0.2) is 0 Å². The Kier molecular flexibility index (Phi) is 17.3. The van der Waals surface area contributed by atoms with E-state index >= 15 is 0 Å². The minimum atomic E-state index is -1.21. The molecule has 0 saturated heterocycles. The molecule has 300 valence electrons. The van der Waals surface area contributed by atoms with Crippen molar-refractivity contribution < 1.29 is 28.8 Å². The van der Waals surface area contributed by atoms with Crippen molar-refractivity contribution >= 4 is 46.3 Å². The monoisotopic (exact) mass is 761 g/mol. The number of benzene rings is 2. The highest BCUT2D eigenvalue weighted by Gasteiger charge is 2.34. The third kappa shape index (κ3) is 13.8. The number of rotatable bonds is 22. The third-order valence-corrected chi connectivity index (χ3v) is 9.33. The van der Waals surface area contributed by atoms with E-state index in [1.54, 1.807) is 44.3 Å². The zero-order chi connectivity index (χ0) is 40.7. The molecular formula is C40H59N9O6. The molecular weight excluding hydrogens is 702 g/mol. The number of hydrogen-bond acceptors (Lipinski definition) is 8. The van der Waals surface area contributed by atoms with Crippen LogP contribution in [0.25, 0.3) is 10.9 Å². The molecule has 12 N–H and O–H groups in total. The van der Waals surface area contributed by atoms with E-state index in [1.165, 1.54) is 6.92 Å². The van der Waals surface area contributed by atoms with Gasteiger partial charge in [0.25, 0.3) is 0 Å². The van der Waals surface area contributed by atoms with Crippen LogP contribution in [0.4, 0.5) is 0 Å². The molecule has 1 heterocycles. The lowest BCUT2D eigenvalue weighted by Crippen LogP contribution is -2.61. The molecule has 0 unspecified atom stereocenters. The topological polar surface area (TPSA) is 256 Å². The SMILES string of the molecule is CC(C)C[C@@H](NC(=O)[C@H](N)CCCCN)C(=O)N[C@@H](C(=O)N[C@H](Cc1c[nH]c2ccccc12)C(=O)N[C@H](Cc1ccccc1)C(=O)N[C@H](C)C(N)=O)C(C)C. The predicted molar refractivity (Wildman–Crippen MR) is 212 cm³/mol. The van der Waals surface area contributed by atoms with Gasteiger partial charge in [0.1, 0.15) is 30.2 Å². The van der Waals surface area contributed by atoms with E-state index in [1.807, 2.05) is 44.2 Å². The number of H-pyrrole nitrogens is 1. The number of carbonyl (C=O) groups is 6. The molecule has 3 aromatic rings. The van der Waals surface area contributed by atoms with E-state index in [9.17, 15) is 28.8 Å². The average Bonchev–Trinajstić information content (AvgIpc) is 3.55. The van der Waals surface area contributed by atoms with Crippen LogP contribution in [0.1, 0.15) is 71.4 Å². The van der Waals surface area contributed by atoms with Crippen molar-refractivity contribution in [2.24, 2.45) is 29.0 Å². The van der Waals surface area contributed by atoms with Crippen LogP contribution in [0.2, 0.25) is 0 Å². The zero-order valence-corrected chi connectivity index (χ0v) is 32.5. The number of para-hydroxylation sites is 1. The molecule has 6 amide bonds. The van der Waals surface area contributed by atoms with Gasteiger partial charge in [-0.1, -0.05) is 82.6 Å². The van der Waals surface area contributed by atoms with E-state index in [2.05, 4.69) is 31.6 Å². The van der Waals surface area contributed by atoms with Crippen LogP contribution >= 0.6 is 0 Å². The zero-order valence-electron chi connectivity index (χ0n) is 32.5. The Morgan fingerprint density at radius 3 is 1.89 bits per heavy atom. The lowest BCUT2D eigenvalue weighted by atomic mass is 9.98. The largest absolute Gasteiger partial charge is 0.368 e. The fourth-order valence-electron chi connectivity index (χ4n) is 6.12. The van der Waals surface area contributed by atoms with Gasteiger partial charge < -0.3 is 48.8 Å². The Bertz CT molecular complexity index is 1740. The number of aromatic nitrogens is 1. The maximum absolute atomic E-state index is 14.2. The third-order valence-electron chi connectivity index (χ3n) is 9.33. The first-order valence-corrected chi connectivity index (χ1v) is 19.0. The van der Waals surface area contributed by atoms with Crippen molar-refractivity contribution in [1.82, 2.24) is 31.6 Å². The van der Waals surface area contributed by atoms with Crippen LogP contribution in [-0.2, 0) is 41.6 Å². The van der Waals surface area contributed by atoms with Crippen LogP contribution in [0.5, 0.6) is 0 Å². The first-order valence-electron chi connectivity index (χ1n) is 19.0. The van der Waals surface area contributed by atoms with Crippen LogP contribution in [0.15, 0.2) is 60.8 Å². The van der Waals surface area contributed by atoms with E-state index in [4.69, 9.17) is 17.2 Å². The fraction of sp³-hybridized carbons (Fsp3) is 0.500. The van der Waals surface area contributed by atoms with Crippen LogP contribution in [0, 0.1) is 11.8 Å². The molecule has 0 bridgehead atoms. The van der Waals surface area contributed by atoms with Gasteiger partial charge in [0, 0.05) is 29.9 Å². The van der Waals surface area contributed by atoms with Gasteiger partial charge in [-0.3, -0.25) is 28.8 Å². The quantitative estimate of drug-likeness (QED) is 0.0667. The number of amides is 6. The summed E-state index contributed by atoms with van der Waals surface area (Å²) in [6.45, 7) is 9.25. The second kappa shape index (κ2) is 21.6. The highest BCUT2D eigenvalue weighted by atomic mass is 16.2. The Hall–Kier alpha value is -5.28. The van der Waals surface area contributed by atoms with Crippen molar-refractivity contribution in [1.29, 1.82) is 0 Å². The fourth-order valence-corrected chi connectivity index (χ4v) is 6.12. The molecule has 1 aromatic heterocycles. The second-order valence-corrected chi connectivity index (χ2v) is 14.8. The lowest BCUT2D eigenvalue weighted by Gasteiger charge is -2.29. The lowest BCUT2D eigenvalue weighted by molar-refractivity contribution is -0.135. The summed E-state index contributed by atoms with van der Waals surface area (Å²) in [5, 5.41) is 14.6. The van der Waals surface area contributed by atoms with Gasteiger partial charge in [-0.15, -0.1) is 0 Å². The molecule has 0 fully saturated rings. The predicted octanol–water partition coefficient (Wildman–Crippen LogP) is 1.04. The molecule has 3 rings (SSSR count). The summed E-state index contributed by atoms with van der Waals surface area (Å²) >= 11 is 0. The highest BCUT2D eigenvalue weighted by molar-refractivity contribution is 5.97. The first kappa shape index (κ1) is 44.1. The molecule has 0 spiro atoms. The minimum absolute atomic E-state index is 0.0204. The summed E-state index contributed by atoms with van der Waals surface area (Å²) in [4.78, 5) is 83.5. The van der Waals surface area contributed by atoms with Crippen molar-refractivity contribution in [3.8, 4) is 0 Å². The molecule has 15 nitrogen and oxygen atoms in total. The van der Waals surface area contributed by atoms with Crippen molar-refractivity contribution in [2.45, 2.75) is 109 Å². The van der Waals surface area contributed by atoms with E-state index in [0.717, 1.165) is 28.5 Å². The molecule has 0 aliphatic heterocycles. The van der Waals surface area contributed by atoms with Gasteiger partial charge >= 0.3 is 0 Å². The number of carbonyl (C=O) groups excluding carboxylic acids is 6. The molecule has 0 saturated carbocycles. The Morgan fingerprint density at radius 1 is 0.673 bits per heavy atom. The summed E-state index contributed by atoms with van der Waals surface area (Å²) in [6.07, 6.45) is 3.96. The Balaban J connectivity index is 1.90. The smallest absolute Gasteiger partial charge is 0.243 e. The Labute approximate surface area is 323 Å². The molecule has 55 heavy (non-hydrogen) atoms. The van der Waals surface area contributed by atoms with Crippen molar-refractivity contribution in [3.05, 3.63) is 71.9 Å². The molecule has 6 atom stereocenters. The van der Waals surface area contributed by atoms with Crippen LogP contribution in [0.3, 0.4) is 0 Å². The van der Waals surface area contributed by atoms with Crippen molar-refractivity contribution in [3.63, 3.8) is 0 Å². The Morgan fingerprint density at radius 2 is 1.25 bits per heavy atom. The summed E-state index contributed by atoms with van der Waals surface area (Å²) in [5.41, 5.74) is 19.4. The number of hydrogen-bond donors (Lipinski definition) is 9. The maximum Gasteiger partial charge on any atom is 0.243 e. The molecule has 2 aromatic carbocycles. The van der Waals surface area contributed by atoms with Crippen LogP contribution in [-0.4, -0.2) is 83.2 Å². The highest BCUT2D eigenvalue weighted by Crippen LogP contribution is 2.20.